The molecule has 0 aliphatic carbocycles. The minimum absolute atomic E-state index is 0.00354. The average molecular weight is 296 g/mol. The van der Waals surface area contributed by atoms with E-state index in [2.05, 4.69) is 5.32 Å². The number of hydrogen-bond donors (Lipinski definition) is 2. The van der Waals surface area contributed by atoms with Gasteiger partial charge in [0.2, 0.25) is 0 Å². The van der Waals surface area contributed by atoms with E-state index in [4.69, 9.17) is 9.84 Å². The second kappa shape index (κ2) is 6.22. The van der Waals surface area contributed by atoms with E-state index in [0.29, 0.717) is 25.0 Å². The molecule has 2 bridgehead atoms. The number of rotatable bonds is 4. The first-order valence-electron chi connectivity index (χ1n) is 8.04. The van der Waals surface area contributed by atoms with E-state index < -0.39 is 5.97 Å². The Balaban J connectivity index is 1.46. The lowest BCUT2D eigenvalue weighted by Crippen LogP contribution is -2.51. The van der Waals surface area contributed by atoms with Crippen molar-refractivity contribution < 1.29 is 19.4 Å². The van der Waals surface area contributed by atoms with Crippen molar-refractivity contribution in [2.45, 2.75) is 63.2 Å². The molecule has 6 heteroatoms. The number of ether oxygens (including phenoxy) is 1. The van der Waals surface area contributed by atoms with Crippen molar-refractivity contribution in [3.63, 3.8) is 0 Å². The van der Waals surface area contributed by atoms with Crippen LogP contribution in [0.25, 0.3) is 0 Å². The Kier molecular flexibility index (Phi) is 4.33. The number of carbonyl (C=O) groups is 2. The van der Waals surface area contributed by atoms with Gasteiger partial charge in [-0.15, -0.1) is 0 Å². The lowest BCUT2D eigenvalue weighted by molar-refractivity contribution is -0.137. The van der Waals surface area contributed by atoms with Crippen LogP contribution in [0.15, 0.2) is 0 Å². The van der Waals surface area contributed by atoms with Gasteiger partial charge in [0, 0.05) is 19.5 Å². The van der Waals surface area contributed by atoms with Gasteiger partial charge in [0.05, 0.1) is 18.2 Å². The molecule has 2 amide bonds. The zero-order valence-electron chi connectivity index (χ0n) is 12.3. The van der Waals surface area contributed by atoms with Crippen LogP contribution in [0.3, 0.4) is 0 Å². The largest absolute Gasteiger partial charge is 0.481 e. The van der Waals surface area contributed by atoms with Crippen molar-refractivity contribution in [3.05, 3.63) is 0 Å². The predicted molar refractivity (Wildman–Crippen MR) is 76.0 cm³/mol. The zero-order valence-corrected chi connectivity index (χ0v) is 12.3. The van der Waals surface area contributed by atoms with Crippen LogP contribution >= 0.6 is 0 Å². The second-order valence-electron chi connectivity index (χ2n) is 6.55. The molecule has 0 radical (unpaired) electrons. The van der Waals surface area contributed by atoms with Gasteiger partial charge in [-0.1, -0.05) is 0 Å². The van der Waals surface area contributed by atoms with Gasteiger partial charge < -0.3 is 20.1 Å². The molecule has 0 aromatic heterocycles. The standard InChI is InChI=1S/C15H24N2O4/c18-14(19)6-3-10-2-1-7-17(9-10)15(20)16-12-8-11-4-5-13(12)21-11/h10-13H,1-9H2,(H,16,20)(H,18,19). The Bertz CT molecular complexity index is 414. The molecule has 4 atom stereocenters. The van der Waals surface area contributed by atoms with Gasteiger partial charge >= 0.3 is 12.0 Å². The summed E-state index contributed by atoms with van der Waals surface area (Å²) in [7, 11) is 0. The Hall–Kier alpha value is -1.30. The summed E-state index contributed by atoms with van der Waals surface area (Å²) in [5.41, 5.74) is 0. The summed E-state index contributed by atoms with van der Waals surface area (Å²) in [5.74, 6) is -0.437. The molecule has 3 fully saturated rings. The third kappa shape index (κ3) is 3.48. The molecule has 3 aliphatic heterocycles. The Labute approximate surface area is 124 Å². The molecule has 0 spiro atoms. The summed E-state index contributed by atoms with van der Waals surface area (Å²) >= 11 is 0. The van der Waals surface area contributed by atoms with Gasteiger partial charge in [-0.25, -0.2) is 4.79 Å². The van der Waals surface area contributed by atoms with Gasteiger partial charge in [0.15, 0.2) is 0 Å². The highest BCUT2D eigenvalue weighted by molar-refractivity contribution is 5.74. The van der Waals surface area contributed by atoms with Crippen molar-refractivity contribution in [2.75, 3.05) is 13.1 Å². The van der Waals surface area contributed by atoms with Crippen LogP contribution in [0, 0.1) is 5.92 Å². The van der Waals surface area contributed by atoms with Crippen LogP contribution in [0.5, 0.6) is 0 Å². The number of nitrogens with one attached hydrogen (secondary N) is 1. The van der Waals surface area contributed by atoms with Crippen LogP contribution in [0.4, 0.5) is 4.79 Å². The summed E-state index contributed by atoms with van der Waals surface area (Å²) in [6, 6.07) is 0.159. The topological polar surface area (TPSA) is 78.9 Å². The van der Waals surface area contributed by atoms with E-state index in [-0.39, 0.29) is 24.6 Å². The van der Waals surface area contributed by atoms with Crippen LogP contribution in [-0.2, 0) is 9.53 Å². The Morgan fingerprint density at radius 1 is 1.29 bits per heavy atom. The molecule has 118 valence electrons. The Morgan fingerprint density at radius 2 is 2.14 bits per heavy atom. The SMILES string of the molecule is O=C(O)CCC1CCCN(C(=O)NC2CC3CCC2O3)C1. The molecule has 3 saturated heterocycles. The number of likely N-dealkylation sites (tertiary alicyclic amines) is 1. The number of carboxylic acids is 1. The quantitative estimate of drug-likeness (QED) is 0.826. The molecular weight excluding hydrogens is 272 g/mol. The summed E-state index contributed by atoms with van der Waals surface area (Å²) in [6.45, 7) is 1.46. The number of fused-ring (bicyclic) bond motifs is 2. The van der Waals surface area contributed by atoms with E-state index in [9.17, 15) is 9.59 Å². The number of aliphatic carboxylic acids is 1. The lowest BCUT2D eigenvalue weighted by atomic mass is 9.93. The van der Waals surface area contributed by atoms with Crippen molar-refractivity contribution in [1.82, 2.24) is 10.2 Å². The van der Waals surface area contributed by atoms with Crippen molar-refractivity contribution in [2.24, 2.45) is 5.92 Å². The number of hydrogen-bond acceptors (Lipinski definition) is 3. The fourth-order valence-corrected chi connectivity index (χ4v) is 3.85. The highest BCUT2D eigenvalue weighted by Gasteiger charge is 2.42. The van der Waals surface area contributed by atoms with Crippen molar-refractivity contribution >= 4 is 12.0 Å². The van der Waals surface area contributed by atoms with E-state index >= 15 is 0 Å². The fraction of sp³-hybridized carbons (Fsp3) is 0.867. The van der Waals surface area contributed by atoms with Crippen LogP contribution in [0.1, 0.15) is 44.9 Å². The average Bonchev–Trinajstić information content (AvgIpc) is 3.08. The first kappa shape index (κ1) is 14.6. The maximum atomic E-state index is 12.4. The highest BCUT2D eigenvalue weighted by atomic mass is 16.5. The van der Waals surface area contributed by atoms with Gasteiger partial charge in [0.1, 0.15) is 0 Å². The smallest absolute Gasteiger partial charge is 0.317 e. The molecule has 6 nitrogen and oxygen atoms in total. The van der Waals surface area contributed by atoms with Crippen molar-refractivity contribution in [3.8, 4) is 0 Å². The summed E-state index contributed by atoms with van der Waals surface area (Å²) < 4.78 is 5.76. The van der Waals surface area contributed by atoms with E-state index in [1.54, 1.807) is 0 Å². The monoisotopic (exact) mass is 296 g/mol. The number of carbonyl (C=O) groups excluding carboxylic acids is 1. The number of carboxylic acid groups (broad SMARTS) is 1. The number of amides is 2. The third-order valence-electron chi connectivity index (χ3n) is 4.99. The number of urea groups is 1. The van der Waals surface area contributed by atoms with Crippen LogP contribution in [-0.4, -0.2) is 53.3 Å². The zero-order chi connectivity index (χ0) is 14.8. The summed E-state index contributed by atoms with van der Waals surface area (Å²) in [4.78, 5) is 24.9. The molecule has 3 rings (SSSR count). The fourth-order valence-electron chi connectivity index (χ4n) is 3.85. The van der Waals surface area contributed by atoms with E-state index in [1.807, 2.05) is 4.90 Å². The molecule has 0 aromatic carbocycles. The predicted octanol–water partition coefficient (Wildman–Crippen LogP) is 1.59. The van der Waals surface area contributed by atoms with Crippen molar-refractivity contribution in [1.29, 1.82) is 0 Å². The van der Waals surface area contributed by atoms with E-state index in [1.165, 1.54) is 0 Å². The van der Waals surface area contributed by atoms with Gasteiger partial charge in [-0.2, -0.15) is 0 Å². The molecule has 0 aromatic rings. The molecule has 4 unspecified atom stereocenters. The molecule has 2 N–H and O–H groups in total. The highest BCUT2D eigenvalue weighted by Crippen LogP contribution is 2.34. The molecule has 3 heterocycles. The molecule has 3 aliphatic rings. The van der Waals surface area contributed by atoms with Crippen LogP contribution in [0.2, 0.25) is 0 Å². The summed E-state index contributed by atoms with van der Waals surface area (Å²) in [6.07, 6.45) is 6.49. The van der Waals surface area contributed by atoms with Gasteiger partial charge in [-0.3, -0.25) is 4.79 Å². The first-order valence-corrected chi connectivity index (χ1v) is 8.04. The minimum atomic E-state index is -0.754. The number of piperidine rings is 1. The maximum Gasteiger partial charge on any atom is 0.317 e. The summed E-state index contributed by atoms with van der Waals surface area (Å²) in [5, 5.41) is 11.9. The molecular formula is C15H24N2O4. The first-order chi connectivity index (χ1) is 10.1. The van der Waals surface area contributed by atoms with Gasteiger partial charge in [-0.05, 0) is 44.4 Å². The Morgan fingerprint density at radius 3 is 2.81 bits per heavy atom. The minimum Gasteiger partial charge on any atom is -0.481 e. The molecule has 0 saturated carbocycles. The van der Waals surface area contributed by atoms with Gasteiger partial charge in [0.25, 0.3) is 0 Å². The maximum absolute atomic E-state index is 12.4. The normalized spacial score (nSPS) is 35.0. The second-order valence-corrected chi connectivity index (χ2v) is 6.55. The lowest BCUT2D eigenvalue weighted by Gasteiger charge is -2.34. The third-order valence-corrected chi connectivity index (χ3v) is 4.99. The molecule has 21 heavy (non-hydrogen) atoms. The number of nitrogens with zero attached hydrogens (tertiary/aromatic N) is 1. The van der Waals surface area contributed by atoms with E-state index in [0.717, 1.165) is 38.6 Å². The van der Waals surface area contributed by atoms with Crippen LogP contribution < -0.4 is 5.32 Å².